The summed E-state index contributed by atoms with van der Waals surface area (Å²) in [6.07, 6.45) is 0. The molecule has 30 aromatic rings. The Hall–Kier alpha value is -19.2. The van der Waals surface area contributed by atoms with E-state index in [2.05, 4.69) is 335 Å². The Kier molecular flexibility index (Phi) is 18.1. The molecule has 0 N–H and O–H groups in total. The van der Waals surface area contributed by atoms with Gasteiger partial charge < -0.3 is 35.9 Å². The van der Waals surface area contributed by atoms with Crippen molar-refractivity contribution in [3.05, 3.63) is 460 Å². The van der Waals surface area contributed by atoms with E-state index in [0.29, 0.717) is 34.2 Å². The van der Waals surface area contributed by atoms with Crippen LogP contribution in [0.15, 0.2) is 467 Å². The summed E-state index contributed by atoms with van der Waals surface area (Å²) in [5, 5.41) is 15.0. The SMILES string of the molecule is CC1(C)c2ccccc2-c2cc3c4ccccc4n(-c4ccc(-c5nc(-c6ccccc6)nc6c5oc5ccccc56)cc4)c3cc21.c1ccc(-c2nc(-c3ccc(-n4c5ccccc5c5cc6c7ccccc7n(-c7ccccc7)c6cc54)cc3)c3oc4ccccc4c3n2)cc1.c1ccc(-c2nc(-c3cccc(-n4c5ccccc5c5cc6c(cc54)oc4ccccc46)c3)c3oc4ccccc4c3n2)cc1. The lowest BCUT2D eigenvalue weighted by Gasteiger charge is -2.21. The molecule has 19 aromatic carbocycles. The summed E-state index contributed by atoms with van der Waals surface area (Å²) < 4.78 is 35.1. The van der Waals surface area contributed by atoms with Crippen molar-refractivity contribution in [3.63, 3.8) is 0 Å². The highest BCUT2D eigenvalue weighted by Gasteiger charge is 2.37. The molecule has 0 aliphatic heterocycles. The molecule has 0 amide bonds. The van der Waals surface area contributed by atoms with E-state index >= 15 is 0 Å². The summed E-state index contributed by atoms with van der Waals surface area (Å²) in [5.41, 5.74) is 35.8. The molecule has 1 aliphatic carbocycles. The Bertz CT molecular complexity index is 10500. The summed E-state index contributed by atoms with van der Waals surface area (Å²) in [4.78, 5) is 30.3. The summed E-state index contributed by atoms with van der Waals surface area (Å²) in [7, 11) is 0. The lowest BCUT2D eigenvalue weighted by molar-refractivity contribution is 0.661. The highest BCUT2D eigenvalue weighted by atomic mass is 16.3. The molecule has 11 heterocycles. The Balaban J connectivity index is 0.000000102. The van der Waals surface area contributed by atoms with Crippen molar-refractivity contribution in [1.82, 2.24) is 48.2 Å². The van der Waals surface area contributed by atoms with Crippen LogP contribution in [-0.4, -0.2) is 48.2 Å². The van der Waals surface area contributed by atoms with E-state index < -0.39 is 0 Å². The Morgan fingerprint density at radius 2 is 0.503 bits per heavy atom. The fourth-order valence-corrected chi connectivity index (χ4v) is 22.3. The molecule has 0 bridgehead atoms. The van der Waals surface area contributed by atoms with E-state index in [1.54, 1.807) is 0 Å². The highest BCUT2D eigenvalue weighted by Crippen LogP contribution is 2.53. The average Bonchev–Trinajstić information content (AvgIpc) is 1.55. The van der Waals surface area contributed by atoms with Crippen LogP contribution in [0.4, 0.5) is 0 Å². The molecule has 0 saturated heterocycles. The smallest absolute Gasteiger partial charge is 0.180 e. The molecule has 0 radical (unpaired) electrons. The van der Waals surface area contributed by atoms with Crippen molar-refractivity contribution in [3.8, 4) is 102 Å². The van der Waals surface area contributed by atoms with Gasteiger partial charge in [-0.1, -0.05) is 311 Å². The molecule has 1 aliphatic rings. The zero-order chi connectivity index (χ0) is 94.2. The molecular weight excluding hydrogens is 1750 g/mol. The summed E-state index contributed by atoms with van der Waals surface area (Å²) in [6, 6.07) is 157. The monoisotopic (exact) mass is 1830 g/mol. The fraction of sp³-hybridized carbons (Fsp3) is 0.0233. The third-order valence-electron chi connectivity index (χ3n) is 29.0. The van der Waals surface area contributed by atoms with Crippen molar-refractivity contribution >= 4 is 175 Å². The summed E-state index contributed by atoms with van der Waals surface area (Å²) in [5.74, 6) is 2.02. The van der Waals surface area contributed by atoms with Crippen molar-refractivity contribution in [1.29, 1.82) is 0 Å². The molecule has 14 nitrogen and oxygen atoms in total. The van der Waals surface area contributed by atoms with E-state index in [-0.39, 0.29) is 5.41 Å². The predicted molar refractivity (Wildman–Crippen MR) is 583 cm³/mol. The maximum Gasteiger partial charge on any atom is 0.180 e. The Morgan fingerprint density at radius 1 is 0.182 bits per heavy atom. The molecule has 0 fully saturated rings. The zero-order valence-electron chi connectivity index (χ0n) is 77.3. The minimum absolute atomic E-state index is 0.0767. The topological polar surface area (TPSA) is 150 Å². The molecule has 0 atom stereocenters. The maximum atomic E-state index is 6.43. The van der Waals surface area contributed by atoms with E-state index in [1.165, 1.54) is 87.4 Å². The first-order valence-corrected chi connectivity index (χ1v) is 48.3. The van der Waals surface area contributed by atoms with Crippen molar-refractivity contribution in [2.24, 2.45) is 0 Å². The Labute approximate surface area is 816 Å². The first-order chi connectivity index (χ1) is 70.7. The van der Waals surface area contributed by atoms with Crippen molar-refractivity contribution < 1.29 is 17.7 Å². The molecule has 0 unspecified atom stereocenters. The van der Waals surface area contributed by atoms with E-state index in [4.69, 9.17) is 47.6 Å². The zero-order valence-corrected chi connectivity index (χ0v) is 77.3. The van der Waals surface area contributed by atoms with Gasteiger partial charge >= 0.3 is 0 Å². The standard InChI is InChI=1S/C46H28N4O.C43H29N3O.C40H23N3O2/c1-3-13-30(14-4-1)46-47-43(45-44(48-46)35-19-9-12-22-42(35)51-45)29-23-25-32(26-24-29)50-39-21-11-8-18-34(39)37-27-36-33-17-7-10-20-38(33)49(40(36)28-41(37)50)31-15-5-2-6-16-31;1-43(2)34-17-9-6-14-29(34)32-24-33-30-15-7-10-18-36(30)46(37(33)25-35(32)43)28-22-20-26(21-23-28)39-41-40(31-16-8-11-19-38(31)47-41)45-42(44-39)27-12-4-3-5-13-27;1-2-11-24(12-3-1)40-41-37(39-38(42-40)29-17-6-9-20-35(29)45-39)25-13-10-14-26(21-25)43-32-18-7-4-15-27(32)30-22-31-28-16-5-8-19-34(28)44-36(31)23-33(30)43/h1-28H;3-25H,1-2H3;1-23H. The molecule has 0 spiro atoms. The number of fused-ring (bicyclic) bond motifs is 27. The quantitative estimate of drug-likeness (QED) is 0.129. The summed E-state index contributed by atoms with van der Waals surface area (Å²) in [6.45, 7) is 4.69. The van der Waals surface area contributed by atoms with Crippen LogP contribution in [0.1, 0.15) is 25.0 Å². The van der Waals surface area contributed by atoms with E-state index in [1.807, 2.05) is 146 Å². The first kappa shape index (κ1) is 81.0. The number of hydrogen-bond donors (Lipinski definition) is 0. The van der Waals surface area contributed by atoms with Gasteiger partial charge in [0.1, 0.15) is 61.5 Å². The first-order valence-electron chi connectivity index (χ1n) is 48.3. The second kappa shape index (κ2) is 32.0. The number of nitrogens with zero attached hydrogens (tertiary/aromatic N) is 10. The van der Waals surface area contributed by atoms with Gasteiger partial charge in [-0.3, -0.25) is 0 Å². The van der Waals surface area contributed by atoms with Gasteiger partial charge in [-0.15, -0.1) is 0 Å². The highest BCUT2D eigenvalue weighted by molar-refractivity contribution is 6.22. The van der Waals surface area contributed by atoms with Crippen LogP contribution < -0.4 is 0 Å². The lowest BCUT2D eigenvalue weighted by Crippen LogP contribution is -2.14. The maximum absolute atomic E-state index is 6.43. The summed E-state index contributed by atoms with van der Waals surface area (Å²) >= 11 is 0. The lowest BCUT2D eigenvalue weighted by atomic mass is 9.82. The van der Waals surface area contributed by atoms with E-state index in [9.17, 15) is 0 Å². The average molecular weight is 1830 g/mol. The number of aromatic nitrogens is 10. The van der Waals surface area contributed by atoms with Crippen LogP contribution in [0.5, 0.6) is 0 Å². The van der Waals surface area contributed by atoms with Crippen molar-refractivity contribution in [2.75, 3.05) is 0 Å². The van der Waals surface area contributed by atoms with Crippen LogP contribution in [0.2, 0.25) is 0 Å². The largest absolute Gasteiger partial charge is 0.456 e. The second-order valence-electron chi connectivity index (χ2n) is 37.4. The van der Waals surface area contributed by atoms with Crippen molar-refractivity contribution in [2.45, 2.75) is 19.3 Å². The normalized spacial score (nSPS) is 12.5. The van der Waals surface area contributed by atoms with E-state index in [0.717, 1.165) is 167 Å². The van der Waals surface area contributed by atoms with Gasteiger partial charge in [0.2, 0.25) is 0 Å². The minimum atomic E-state index is -0.0767. The van der Waals surface area contributed by atoms with Gasteiger partial charge in [0.25, 0.3) is 0 Å². The van der Waals surface area contributed by atoms with Gasteiger partial charge in [0.05, 0.1) is 44.1 Å². The fourth-order valence-electron chi connectivity index (χ4n) is 22.3. The second-order valence-corrected chi connectivity index (χ2v) is 37.4. The van der Waals surface area contributed by atoms with Gasteiger partial charge in [0.15, 0.2) is 34.2 Å². The number of rotatable bonds is 10. The predicted octanol–water partition coefficient (Wildman–Crippen LogP) is 33.7. The molecular formula is C129H80N10O4. The number of para-hydroxylation sites is 9. The Morgan fingerprint density at radius 3 is 0.951 bits per heavy atom. The van der Waals surface area contributed by atoms with Crippen LogP contribution in [0.3, 0.4) is 0 Å². The number of furan rings is 4. The number of hydrogen-bond acceptors (Lipinski definition) is 10. The van der Waals surface area contributed by atoms with Gasteiger partial charge in [-0.05, 0) is 168 Å². The molecule has 31 rings (SSSR count). The third kappa shape index (κ3) is 12.8. The van der Waals surface area contributed by atoms with Crippen LogP contribution in [0.25, 0.3) is 277 Å². The minimum Gasteiger partial charge on any atom is -0.456 e. The molecule has 14 heteroatoms. The molecule has 11 aromatic heterocycles. The number of benzene rings is 19. The molecule has 670 valence electrons. The van der Waals surface area contributed by atoms with Crippen LogP contribution in [-0.2, 0) is 5.41 Å². The van der Waals surface area contributed by atoms with Gasteiger partial charge in [0, 0.05) is 138 Å². The van der Waals surface area contributed by atoms with Gasteiger partial charge in [-0.25, -0.2) is 29.9 Å². The van der Waals surface area contributed by atoms with Crippen LogP contribution in [0, 0.1) is 0 Å². The molecule has 0 saturated carbocycles. The molecule has 143 heavy (non-hydrogen) atoms. The third-order valence-corrected chi connectivity index (χ3v) is 29.0. The van der Waals surface area contributed by atoms with Crippen LogP contribution >= 0.6 is 0 Å². The van der Waals surface area contributed by atoms with Gasteiger partial charge in [-0.2, -0.15) is 0 Å².